The summed E-state index contributed by atoms with van der Waals surface area (Å²) in [5.41, 5.74) is 2.27. The Morgan fingerprint density at radius 1 is 1.47 bits per heavy atom. The smallest absolute Gasteiger partial charge is 0.307 e. The van der Waals surface area contributed by atoms with E-state index in [1.54, 1.807) is 18.2 Å². The molecule has 0 fully saturated rings. The molecule has 0 aliphatic carbocycles. The van der Waals surface area contributed by atoms with E-state index in [1.807, 2.05) is 0 Å². The summed E-state index contributed by atoms with van der Waals surface area (Å²) in [4.78, 5) is 10.6. The van der Waals surface area contributed by atoms with Crippen LogP contribution in [0.5, 0.6) is 0 Å². The molecular weight excluding hydrogens is 242 g/mol. The second kappa shape index (κ2) is 4.03. The number of hydrogen-bond acceptors (Lipinski definition) is 3. The lowest BCUT2D eigenvalue weighted by molar-refractivity contribution is -0.136. The number of carboxylic acid groups (broad SMARTS) is 1. The van der Waals surface area contributed by atoms with Crippen LogP contribution in [0.25, 0.3) is 0 Å². The highest BCUT2D eigenvalue weighted by Crippen LogP contribution is 2.30. The predicted molar refractivity (Wildman–Crippen MR) is 63.7 cm³/mol. The number of aliphatic carboxylic acids is 1. The van der Waals surface area contributed by atoms with Crippen LogP contribution in [-0.2, 0) is 27.7 Å². The quantitative estimate of drug-likeness (QED) is 0.860. The van der Waals surface area contributed by atoms with Gasteiger partial charge in [0.2, 0.25) is 10.0 Å². The lowest BCUT2D eigenvalue weighted by Gasteiger charge is -2.16. The summed E-state index contributed by atoms with van der Waals surface area (Å²) in [6, 6.07) is 5.12. The Kier molecular flexibility index (Phi) is 2.82. The fraction of sp³-hybridized carbons (Fsp3) is 0.364. The lowest BCUT2D eigenvalue weighted by atomic mass is 10.1. The Hall–Kier alpha value is -1.56. The van der Waals surface area contributed by atoms with Gasteiger partial charge in [-0.1, -0.05) is 12.1 Å². The molecule has 0 unspecified atom stereocenters. The lowest BCUT2D eigenvalue weighted by Crippen LogP contribution is -2.27. The van der Waals surface area contributed by atoms with Gasteiger partial charge in [-0.25, -0.2) is 8.42 Å². The molecule has 0 amide bonds. The molecule has 1 aliphatic heterocycles. The van der Waals surface area contributed by atoms with Crippen molar-refractivity contribution < 1.29 is 18.3 Å². The molecule has 92 valence electrons. The first-order valence-electron chi connectivity index (χ1n) is 5.19. The number of rotatable bonds is 3. The van der Waals surface area contributed by atoms with Crippen LogP contribution >= 0.6 is 0 Å². The van der Waals surface area contributed by atoms with E-state index < -0.39 is 16.0 Å². The van der Waals surface area contributed by atoms with Crippen molar-refractivity contribution in [1.82, 2.24) is 0 Å². The van der Waals surface area contributed by atoms with Crippen LogP contribution in [0.1, 0.15) is 11.1 Å². The van der Waals surface area contributed by atoms with Crippen LogP contribution in [0.3, 0.4) is 0 Å². The summed E-state index contributed by atoms with van der Waals surface area (Å²) < 4.78 is 24.3. The van der Waals surface area contributed by atoms with E-state index in [4.69, 9.17) is 5.11 Å². The molecule has 1 aliphatic rings. The van der Waals surface area contributed by atoms with Gasteiger partial charge in [-0.2, -0.15) is 0 Å². The first-order chi connectivity index (χ1) is 7.88. The van der Waals surface area contributed by atoms with Gasteiger partial charge in [0.05, 0.1) is 18.4 Å². The largest absolute Gasteiger partial charge is 0.481 e. The van der Waals surface area contributed by atoms with Crippen LogP contribution in [0.2, 0.25) is 0 Å². The Balaban J connectivity index is 2.35. The summed E-state index contributed by atoms with van der Waals surface area (Å²) in [6.45, 7) is 0.435. The highest BCUT2D eigenvalue weighted by atomic mass is 32.2. The Morgan fingerprint density at radius 3 is 2.76 bits per heavy atom. The van der Waals surface area contributed by atoms with Crippen LogP contribution < -0.4 is 4.31 Å². The summed E-state index contributed by atoms with van der Waals surface area (Å²) >= 11 is 0. The molecule has 1 aromatic carbocycles. The topological polar surface area (TPSA) is 74.7 Å². The summed E-state index contributed by atoms with van der Waals surface area (Å²) in [6.07, 6.45) is 1.77. The standard InChI is InChI=1S/C11H13NO4S/c1-17(15,16)12-5-4-9-6-8(7-11(13)14)2-3-10(9)12/h2-3,6H,4-5,7H2,1H3,(H,13,14). The third-order valence-corrected chi connectivity index (χ3v) is 3.93. The molecule has 1 N–H and O–H groups in total. The van der Waals surface area contributed by atoms with Gasteiger partial charge in [0.15, 0.2) is 0 Å². The predicted octanol–water partition coefficient (Wildman–Crippen LogP) is 0.636. The van der Waals surface area contributed by atoms with Crippen LogP contribution in [0.15, 0.2) is 18.2 Å². The molecule has 0 aromatic heterocycles. The molecule has 0 atom stereocenters. The van der Waals surface area contributed by atoms with Gasteiger partial charge in [0.1, 0.15) is 0 Å². The first kappa shape index (κ1) is 11.9. The van der Waals surface area contributed by atoms with Crippen molar-refractivity contribution in [2.75, 3.05) is 17.1 Å². The van der Waals surface area contributed by atoms with Crippen molar-refractivity contribution >= 4 is 21.7 Å². The zero-order chi connectivity index (χ0) is 12.6. The monoisotopic (exact) mass is 255 g/mol. The third kappa shape index (κ3) is 2.41. The third-order valence-electron chi connectivity index (χ3n) is 2.75. The van der Waals surface area contributed by atoms with Gasteiger partial charge in [0.25, 0.3) is 0 Å². The van der Waals surface area contributed by atoms with Gasteiger partial charge in [-0.3, -0.25) is 9.10 Å². The number of benzene rings is 1. The number of anilines is 1. The first-order valence-corrected chi connectivity index (χ1v) is 7.04. The summed E-state index contributed by atoms with van der Waals surface area (Å²) in [5, 5.41) is 8.69. The van der Waals surface area contributed by atoms with Gasteiger partial charge in [-0.05, 0) is 23.6 Å². The molecule has 5 nitrogen and oxygen atoms in total. The van der Waals surface area contributed by atoms with Crippen molar-refractivity contribution in [1.29, 1.82) is 0 Å². The van der Waals surface area contributed by atoms with Crippen LogP contribution in [-0.4, -0.2) is 32.3 Å². The zero-order valence-electron chi connectivity index (χ0n) is 9.38. The van der Waals surface area contributed by atoms with Gasteiger partial charge >= 0.3 is 5.97 Å². The van der Waals surface area contributed by atoms with Gasteiger partial charge < -0.3 is 5.11 Å². The molecule has 0 saturated carbocycles. The molecule has 1 aromatic rings. The van der Waals surface area contributed by atoms with E-state index in [-0.39, 0.29) is 6.42 Å². The fourth-order valence-electron chi connectivity index (χ4n) is 2.05. The number of nitrogens with zero attached hydrogens (tertiary/aromatic N) is 1. The van der Waals surface area contributed by atoms with Crippen molar-refractivity contribution in [2.24, 2.45) is 0 Å². The minimum Gasteiger partial charge on any atom is -0.481 e. The van der Waals surface area contributed by atoms with Crippen molar-refractivity contribution in [3.63, 3.8) is 0 Å². The number of carbonyl (C=O) groups is 1. The van der Waals surface area contributed by atoms with E-state index in [9.17, 15) is 13.2 Å². The maximum Gasteiger partial charge on any atom is 0.307 e. The highest BCUT2D eigenvalue weighted by Gasteiger charge is 2.26. The van der Waals surface area contributed by atoms with Crippen LogP contribution in [0.4, 0.5) is 5.69 Å². The minimum atomic E-state index is -3.23. The van der Waals surface area contributed by atoms with E-state index >= 15 is 0 Å². The van der Waals surface area contributed by atoms with E-state index in [2.05, 4.69) is 0 Å². The van der Waals surface area contributed by atoms with Crippen molar-refractivity contribution in [3.8, 4) is 0 Å². The SMILES string of the molecule is CS(=O)(=O)N1CCc2cc(CC(=O)O)ccc21. The number of carboxylic acids is 1. The molecule has 6 heteroatoms. The van der Waals surface area contributed by atoms with E-state index in [0.29, 0.717) is 24.2 Å². The normalized spacial score (nSPS) is 14.8. The summed E-state index contributed by atoms with van der Waals surface area (Å²) in [5.74, 6) is -0.886. The number of sulfonamides is 1. The molecule has 0 radical (unpaired) electrons. The van der Waals surface area contributed by atoms with Gasteiger partial charge in [0, 0.05) is 6.54 Å². The fourth-order valence-corrected chi connectivity index (χ4v) is 3.01. The Labute approximate surface area is 99.7 Å². The molecule has 0 spiro atoms. The molecular formula is C11H13NO4S. The molecule has 0 saturated heterocycles. The molecule has 17 heavy (non-hydrogen) atoms. The molecule has 2 rings (SSSR count). The number of fused-ring (bicyclic) bond motifs is 1. The van der Waals surface area contributed by atoms with E-state index in [1.165, 1.54) is 10.6 Å². The van der Waals surface area contributed by atoms with Crippen molar-refractivity contribution in [3.05, 3.63) is 29.3 Å². The summed E-state index contributed by atoms with van der Waals surface area (Å²) in [7, 11) is -3.23. The second-order valence-electron chi connectivity index (χ2n) is 4.12. The Morgan fingerprint density at radius 2 is 2.18 bits per heavy atom. The average Bonchev–Trinajstić information content (AvgIpc) is 2.58. The molecule has 0 bridgehead atoms. The maximum atomic E-state index is 11.5. The minimum absolute atomic E-state index is 0.0356. The number of hydrogen-bond donors (Lipinski definition) is 1. The highest BCUT2D eigenvalue weighted by molar-refractivity contribution is 7.92. The molecule has 1 heterocycles. The Bertz CT molecular complexity index is 565. The zero-order valence-corrected chi connectivity index (χ0v) is 10.2. The van der Waals surface area contributed by atoms with Gasteiger partial charge in [-0.15, -0.1) is 0 Å². The average molecular weight is 255 g/mol. The van der Waals surface area contributed by atoms with E-state index in [0.717, 1.165) is 5.56 Å². The maximum absolute atomic E-state index is 11.5. The van der Waals surface area contributed by atoms with Crippen molar-refractivity contribution in [2.45, 2.75) is 12.8 Å². The second-order valence-corrected chi connectivity index (χ2v) is 6.03. The van der Waals surface area contributed by atoms with Crippen LogP contribution in [0, 0.1) is 0 Å².